The summed E-state index contributed by atoms with van der Waals surface area (Å²) in [5.74, 6) is 2.57. The van der Waals surface area contributed by atoms with Crippen molar-refractivity contribution in [3.8, 4) is 0 Å². The number of rotatable bonds is 4. The predicted octanol–water partition coefficient (Wildman–Crippen LogP) is 3.91. The van der Waals surface area contributed by atoms with Gasteiger partial charge in [-0.05, 0) is 89.8 Å². The average molecular weight is 384 g/mol. The van der Waals surface area contributed by atoms with Gasteiger partial charge in [-0.3, -0.25) is 0 Å². The Bertz CT molecular complexity index is 682. The van der Waals surface area contributed by atoms with Crippen LogP contribution in [0, 0.1) is 5.92 Å². The third kappa shape index (κ3) is 3.51. The minimum absolute atomic E-state index is 0.313. The van der Waals surface area contributed by atoms with Crippen molar-refractivity contribution in [2.45, 2.75) is 82.5 Å². The van der Waals surface area contributed by atoms with Gasteiger partial charge in [-0.2, -0.15) is 4.98 Å². The minimum Gasteiger partial charge on any atom is -0.368 e. The first-order valence-corrected chi connectivity index (χ1v) is 11.9. The van der Waals surface area contributed by atoms with E-state index in [1.807, 2.05) is 0 Å². The summed E-state index contributed by atoms with van der Waals surface area (Å²) in [6.45, 7) is 6.24. The number of anilines is 2. The zero-order chi connectivity index (χ0) is 19.0. The molecule has 3 fully saturated rings. The molecule has 0 radical (unpaired) electrons. The zero-order valence-electron chi connectivity index (χ0n) is 17.5. The molecule has 0 amide bonds. The van der Waals surface area contributed by atoms with Crippen LogP contribution in [0.25, 0.3) is 0 Å². The fourth-order valence-electron chi connectivity index (χ4n) is 6.48. The predicted molar refractivity (Wildman–Crippen MR) is 115 cm³/mol. The highest BCUT2D eigenvalue weighted by Crippen LogP contribution is 2.49. The molecular weight excluding hydrogens is 346 g/mol. The van der Waals surface area contributed by atoms with Crippen molar-refractivity contribution >= 4 is 11.8 Å². The number of piperidine rings is 1. The molecule has 0 unspecified atom stereocenters. The van der Waals surface area contributed by atoms with Crippen molar-refractivity contribution in [2.75, 3.05) is 43.4 Å². The summed E-state index contributed by atoms with van der Waals surface area (Å²) in [4.78, 5) is 14.8. The standard InChI is InChI=1S/C23H37N5/c24-22-25-20-19(6-5-12-23(20)10-1-2-11-23)21(26-22)28-16-8-18(9-17-28)7-15-27-13-3-4-14-27/h18H,1-17H2,(H2,24,25,26). The summed E-state index contributed by atoms with van der Waals surface area (Å²) in [7, 11) is 0. The Hall–Kier alpha value is -1.36. The molecule has 1 aromatic rings. The van der Waals surface area contributed by atoms with Crippen LogP contribution in [-0.2, 0) is 11.8 Å². The Morgan fingerprint density at radius 2 is 1.61 bits per heavy atom. The molecule has 2 N–H and O–H groups in total. The number of hydrogen-bond acceptors (Lipinski definition) is 5. The molecule has 5 rings (SSSR count). The molecule has 5 heteroatoms. The molecule has 5 nitrogen and oxygen atoms in total. The average Bonchev–Trinajstić information content (AvgIpc) is 3.40. The second-order valence-electron chi connectivity index (χ2n) is 9.84. The molecule has 154 valence electrons. The quantitative estimate of drug-likeness (QED) is 0.854. The highest BCUT2D eigenvalue weighted by Gasteiger charge is 2.42. The molecule has 0 bridgehead atoms. The molecule has 1 spiro atoms. The van der Waals surface area contributed by atoms with Gasteiger partial charge in [0.25, 0.3) is 0 Å². The number of nitrogens with two attached hydrogens (primary N) is 1. The van der Waals surface area contributed by atoms with Crippen molar-refractivity contribution in [3.63, 3.8) is 0 Å². The second kappa shape index (κ2) is 7.81. The molecule has 0 aromatic carbocycles. The third-order valence-electron chi connectivity index (χ3n) is 8.11. The fraction of sp³-hybridized carbons (Fsp3) is 0.826. The van der Waals surface area contributed by atoms with Crippen molar-refractivity contribution < 1.29 is 0 Å². The lowest BCUT2D eigenvalue weighted by atomic mass is 9.71. The number of nitrogens with zero attached hydrogens (tertiary/aromatic N) is 4. The number of likely N-dealkylation sites (tertiary alicyclic amines) is 1. The lowest BCUT2D eigenvalue weighted by Gasteiger charge is -2.39. The van der Waals surface area contributed by atoms with Crippen LogP contribution in [-0.4, -0.2) is 47.6 Å². The molecule has 28 heavy (non-hydrogen) atoms. The van der Waals surface area contributed by atoms with Gasteiger partial charge in [0.2, 0.25) is 5.95 Å². The summed E-state index contributed by atoms with van der Waals surface area (Å²) >= 11 is 0. The van der Waals surface area contributed by atoms with Gasteiger partial charge in [0.1, 0.15) is 5.82 Å². The molecule has 4 aliphatic rings. The van der Waals surface area contributed by atoms with E-state index in [0.717, 1.165) is 25.4 Å². The SMILES string of the molecule is Nc1nc(N2CCC(CCN3CCCC3)CC2)c2c(n1)C1(CCCC1)CCC2. The monoisotopic (exact) mass is 383 g/mol. The third-order valence-corrected chi connectivity index (χ3v) is 8.11. The molecule has 2 saturated heterocycles. The van der Waals surface area contributed by atoms with Gasteiger partial charge < -0.3 is 15.5 Å². The Labute approximate surface area is 170 Å². The first-order valence-electron chi connectivity index (χ1n) is 11.9. The first kappa shape index (κ1) is 18.7. The van der Waals surface area contributed by atoms with Gasteiger partial charge >= 0.3 is 0 Å². The van der Waals surface area contributed by atoms with Gasteiger partial charge in [-0.1, -0.05) is 12.8 Å². The van der Waals surface area contributed by atoms with Crippen molar-refractivity contribution in [3.05, 3.63) is 11.3 Å². The Morgan fingerprint density at radius 3 is 2.36 bits per heavy atom. The first-order chi connectivity index (χ1) is 13.7. The van der Waals surface area contributed by atoms with Crippen LogP contribution >= 0.6 is 0 Å². The molecule has 1 aromatic heterocycles. The van der Waals surface area contributed by atoms with Gasteiger partial charge in [0.15, 0.2) is 0 Å². The normalized spacial score (nSPS) is 25.5. The van der Waals surface area contributed by atoms with E-state index < -0.39 is 0 Å². The zero-order valence-corrected chi connectivity index (χ0v) is 17.5. The number of aromatic nitrogens is 2. The molecule has 2 aliphatic carbocycles. The van der Waals surface area contributed by atoms with E-state index in [0.29, 0.717) is 11.4 Å². The number of fused-ring (bicyclic) bond motifs is 2. The van der Waals surface area contributed by atoms with Gasteiger partial charge in [0, 0.05) is 24.1 Å². The van der Waals surface area contributed by atoms with Crippen molar-refractivity contribution in [1.82, 2.24) is 14.9 Å². The van der Waals surface area contributed by atoms with E-state index in [-0.39, 0.29) is 0 Å². The van der Waals surface area contributed by atoms with Crippen molar-refractivity contribution in [1.29, 1.82) is 0 Å². The lowest BCUT2D eigenvalue weighted by molar-refractivity contribution is 0.279. The molecule has 3 heterocycles. The van der Waals surface area contributed by atoms with E-state index in [9.17, 15) is 0 Å². The van der Waals surface area contributed by atoms with Gasteiger partial charge in [-0.15, -0.1) is 0 Å². The molecule has 0 atom stereocenters. The molecular formula is C23H37N5. The van der Waals surface area contributed by atoms with E-state index in [1.165, 1.54) is 107 Å². The largest absolute Gasteiger partial charge is 0.368 e. The van der Waals surface area contributed by atoms with Crippen LogP contribution in [0.4, 0.5) is 11.8 Å². The number of hydrogen-bond donors (Lipinski definition) is 1. The Kier molecular flexibility index (Phi) is 5.20. The van der Waals surface area contributed by atoms with Crippen LogP contribution in [0.1, 0.15) is 81.9 Å². The van der Waals surface area contributed by atoms with Crippen LogP contribution < -0.4 is 10.6 Å². The second-order valence-corrected chi connectivity index (χ2v) is 9.84. The van der Waals surface area contributed by atoms with Crippen LogP contribution in [0.2, 0.25) is 0 Å². The summed E-state index contributed by atoms with van der Waals surface area (Å²) in [6, 6.07) is 0. The van der Waals surface area contributed by atoms with Crippen LogP contribution in [0.5, 0.6) is 0 Å². The topological polar surface area (TPSA) is 58.3 Å². The van der Waals surface area contributed by atoms with E-state index in [1.54, 1.807) is 0 Å². The fourth-order valence-corrected chi connectivity index (χ4v) is 6.48. The van der Waals surface area contributed by atoms with Crippen LogP contribution in [0.3, 0.4) is 0 Å². The van der Waals surface area contributed by atoms with E-state index in [4.69, 9.17) is 15.7 Å². The highest BCUT2D eigenvalue weighted by molar-refractivity contribution is 5.55. The maximum absolute atomic E-state index is 6.23. The summed E-state index contributed by atoms with van der Waals surface area (Å²) < 4.78 is 0. The van der Waals surface area contributed by atoms with Crippen molar-refractivity contribution in [2.24, 2.45) is 5.92 Å². The van der Waals surface area contributed by atoms with Crippen LogP contribution in [0.15, 0.2) is 0 Å². The van der Waals surface area contributed by atoms with E-state index in [2.05, 4.69) is 9.80 Å². The Morgan fingerprint density at radius 1 is 0.893 bits per heavy atom. The molecule has 1 saturated carbocycles. The summed E-state index contributed by atoms with van der Waals surface area (Å²) in [5, 5.41) is 0. The highest BCUT2D eigenvalue weighted by atomic mass is 15.2. The van der Waals surface area contributed by atoms with Gasteiger partial charge in [0.05, 0.1) is 5.69 Å². The lowest BCUT2D eigenvalue weighted by Crippen LogP contribution is -2.38. The summed E-state index contributed by atoms with van der Waals surface area (Å²) in [6.07, 6.45) is 15.8. The maximum atomic E-state index is 6.23. The molecule has 2 aliphatic heterocycles. The van der Waals surface area contributed by atoms with E-state index >= 15 is 0 Å². The summed E-state index contributed by atoms with van der Waals surface area (Å²) in [5.41, 5.74) is 9.31. The van der Waals surface area contributed by atoms with Gasteiger partial charge in [-0.25, -0.2) is 4.98 Å². The number of nitrogen functional groups attached to an aromatic ring is 1. The smallest absolute Gasteiger partial charge is 0.222 e. The minimum atomic E-state index is 0.313. The maximum Gasteiger partial charge on any atom is 0.222 e. The Balaban J connectivity index is 1.29.